The highest BCUT2D eigenvalue weighted by atomic mass is 16.1. The highest BCUT2D eigenvalue weighted by molar-refractivity contribution is 5.95. The Morgan fingerprint density at radius 1 is 0.895 bits per heavy atom. The van der Waals surface area contributed by atoms with E-state index in [1.165, 1.54) is 50.6 Å². The maximum atomic E-state index is 12.7. The number of ketones is 1. The molecule has 0 unspecified atom stereocenters. The van der Waals surface area contributed by atoms with E-state index in [1.54, 1.807) is 6.08 Å². The molecule has 0 saturated heterocycles. The fourth-order valence-corrected chi connectivity index (χ4v) is 8.16. The molecule has 3 aromatic rings. The first-order valence-corrected chi connectivity index (χ1v) is 14.4. The lowest BCUT2D eigenvalue weighted by Crippen LogP contribution is -2.50. The van der Waals surface area contributed by atoms with E-state index in [-0.39, 0.29) is 5.78 Å². The van der Waals surface area contributed by atoms with Crippen LogP contribution in [-0.4, -0.2) is 24.3 Å². The first-order valence-electron chi connectivity index (χ1n) is 14.4. The van der Waals surface area contributed by atoms with Crippen LogP contribution in [0, 0.1) is 23.2 Å². The molecule has 196 valence electrons. The Hall–Kier alpha value is -3.17. The number of hydrogen-bond acceptors (Lipinski definition) is 3. The third kappa shape index (κ3) is 5.63. The van der Waals surface area contributed by atoms with Crippen molar-refractivity contribution in [2.45, 2.75) is 51.5 Å². The molecular formula is C35H40N2O. The molecule has 0 radical (unpaired) electrons. The van der Waals surface area contributed by atoms with Crippen molar-refractivity contribution in [3.05, 3.63) is 95.6 Å². The summed E-state index contributed by atoms with van der Waals surface area (Å²) in [4.78, 5) is 15.2. The molecular weight excluding hydrogens is 464 g/mol. The van der Waals surface area contributed by atoms with Crippen molar-refractivity contribution in [2.24, 2.45) is 23.2 Å². The first-order chi connectivity index (χ1) is 18.4. The predicted molar refractivity (Wildman–Crippen MR) is 157 cm³/mol. The Morgan fingerprint density at radius 3 is 2.18 bits per heavy atom. The average Bonchev–Trinajstić information content (AvgIpc) is 2.89. The van der Waals surface area contributed by atoms with E-state index in [0.717, 1.165) is 46.6 Å². The molecule has 0 amide bonds. The van der Waals surface area contributed by atoms with Crippen LogP contribution >= 0.6 is 0 Å². The zero-order valence-corrected chi connectivity index (χ0v) is 22.6. The van der Waals surface area contributed by atoms with Gasteiger partial charge in [0, 0.05) is 25.2 Å². The van der Waals surface area contributed by atoms with Crippen LogP contribution in [0.3, 0.4) is 0 Å². The summed E-state index contributed by atoms with van der Waals surface area (Å²) in [6.45, 7) is 2.23. The van der Waals surface area contributed by atoms with Crippen molar-refractivity contribution in [1.82, 2.24) is 4.90 Å². The van der Waals surface area contributed by atoms with Gasteiger partial charge in [-0.2, -0.15) is 0 Å². The largest absolute Gasteiger partial charge is 0.398 e. The lowest BCUT2D eigenvalue weighted by Gasteiger charge is -2.57. The standard InChI is InChI=1S/C35H40N2O/c1-37(24-35-20-27-15-28(21-35)17-29(16-27)22-35)23-26-9-7-25(8-10-26)11-14-33(38)18-32-13-12-31(19-34(32)36)30-5-3-2-4-6-30/h2-14,19,27-29H,15-18,20-24,36H2,1H3/b14-11+. The average molecular weight is 505 g/mol. The third-order valence-corrected chi connectivity index (χ3v) is 9.28. The maximum absolute atomic E-state index is 12.7. The van der Waals surface area contributed by atoms with Gasteiger partial charge in [-0.25, -0.2) is 0 Å². The summed E-state index contributed by atoms with van der Waals surface area (Å²) in [5, 5.41) is 0. The normalized spacial score (nSPS) is 25.9. The Kier molecular flexibility index (Phi) is 6.97. The highest BCUT2D eigenvalue weighted by Crippen LogP contribution is 2.60. The lowest BCUT2D eigenvalue weighted by molar-refractivity contribution is -0.113. The molecule has 4 fully saturated rings. The van der Waals surface area contributed by atoms with Gasteiger partial charge >= 0.3 is 0 Å². The molecule has 4 aliphatic carbocycles. The van der Waals surface area contributed by atoms with Crippen LogP contribution in [0.25, 0.3) is 17.2 Å². The van der Waals surface area contributed by atoms with E-state index in [2.05, 4.69) is 48.3 Å². The van der Waals surface area contributed by atoms with Crippen molar-refractivity contribution in [2.75, 3.05) is 19.3 Å². The van der Waals surface area contributed by atoms with Gasteiger partial charge in [-0.1, -0.05) is 72.8 Å². The maximum Gasteiger partial charge on any atom is 0.160 e. The Labute approximate surface area is 227 Å². The molecule has 0 aliphatic heterocycles. The zero-order chi connectivity index (χ0) is 26.1. The minimum absolute atomic E-state index is 0.0588. The molecule has 0 aromatic heterocycles. The number of carbonyl (C=O) groups excluding carboxylic acids is 1. The molecule has 4 bridgehead atoms. The number of rotatable bonds is 9. The minimum Gasteiger partial charge on any atom is -0.398 e. The first kappa shape index (κ1) is 25.1. The second-order valence-corrected chi connectivity index (χ2v) is 12.6. The van der Waals surface area contributed by atoms with Gasteiger partial charge in [0.25, 0.3) is 0 Å². The van der Waals surface area contributed by atoms with Crippen LogP contribution < -0.4 is 5.73 Å². The number of nitrogens with zero attached hydrogens (tertiary/aromatic N) is 1. The molecule has 0 heterocycles. The summed E-state index contributed by atoms with van der Waals surface area (Å²) < 4.78 is 0. The lowest BCUT2D eigenvalue weighted by atomic mass is 9.49. The van der Waals surface area contributed by atoms with Crippen LogP contribution in [0.4, 0.5) is 5.69 Å². The van der Waals surface area contributed by atoms with E-state index in [4.69, 9.17) is 5.73 Å². The minimum atomic E-state index is 0.0588. The number of benzene rings is 3. The summed E-state index contributed by atoms with van der Waals surface area (Å²) in [7, 11) is 2.29. The van der Waals surface area contributed by atoms with Crippen LogP contribution in [-0.2, 0) is 17.8 Å². The van der Waals surface area contributed by atoms with Crippen LogP contribution in [0.15, 0.2) is 78.9 Å². The third-order valence-electron chi connectivity index (χ3n) is 9.28. The van der Waals surface area contributed by atoms with Gasteiger partial charge in [0.05, 0.1) is 0 Å². The number of anilines is 1. The number of nitrogens with two attached hydrogens (primary N) is 1. The molecule has 7 rings (SSSR count). The summed E-state index contributed by atoms with van der Waals surface area (Å²) >= 11 is 0. The van der Waals surface area contributed by atoms with E-state index in [0.29, 0.717) is 17.5 Å². The van der Waals surface area contributed by atoms with E-state index in [1.807, 2.05) is 42.5 Å². The van der Waals surface area contributed by atoms with Crippen molar-refractivity contribution in [1.29, 1.82) is 0 Å². The van der Waals surface area contributed by atoms with Gasteiger partial charge in [0.1, 0.15) is 0 Å². The van der Waals surface area contributed by atoms with Crippen LogP contribution in [0.5, 0.6) is 0 Å². The predicted octanol–water partition coefficient (Wildman–Crippen LogP) is 7.41. The molecule has 0 spiro atoms. The molecule has 3 nitrogen and oxygen atoms in total. The fraction of sp³-hybridized carbons (Fsp3) is 0.400. The molecule has 38 heavy (non-hydrogen) atoms. The quantitative estimate of drug-likeness (QED) is 0.244. The summed E-state index contributed by atoms with van der Waals surface area (Å²) in [5.74, 6) is 3.08. The van der Waals surface area contributed by atoms with Gasteiger partial charge in [-0.3, -0.25) is 4.79 Å². The van der Waals surface area contributed by atoms with Crippen LogP contribution in [0.2, 0.25) is 0 Å². The molecule has 0 atom stereocenters. The number of hydrogen-bond donors (Lipinski definition) is 1. The Bertz CT molecular complexity index is 1270. The molecule has 4 aliphatic rings. The molecule has 2 N–H and O–H groups in total. The smallest absolute Gasteiger partial charge is 0.160 e. The van der Waals surface area contributed by atoms with E-state index in [9.17, 15) is 4.79 Å². The Morgan fingerprint density at radius 2 is 1.55 bits per heavy atom. The molecule has 3 aromatic carbocycles. The number of carbonyl (C=O) groups is 1. The zero-order valence-electron chi connectivity index (χ0n) is 22.6. The monoisotopic (exact) mass is 504 g/mol. The van der Waals surface area contributed by atoms with Gasteiger partial charge in [0.15, 0.2) is 5.78 Å². The Balaban J connectivity index is 1.02. The topological polar surface area (TPSA) is 46.3 Å². The van der Waals surface area contributed by atoms with Crippen molar-refractivity contribution in [3.63, 3.8) is 0 Å². The van der Waals surface area contributed by atoms with Gasteiger partial charge in [-0.15, -0.1) is 0 Å². The van der Waals surface area contributed by atoms with Gasteiger partial charge in [0.2, 0.25) is 0 Å². The van der Waals surface area contributed by atoms with Crippen molar-refractivity contribution < 1.29 is 4.79 Å². The summed E-state index contributed by atoms with van der Waals surface area (Å²) in [5.41, 5.74) is 13.0. The fourth-order valence-electron chi connectivity index (χ4n) is 8.16. The van der Waals surface area contributed by atoms with Gasteiger partial charge in [-0.05, 0) is 109 Å². The van der Waals surface area contributed by atoms with Gasteiger partial charge < -0.3 is 10.6 Å². The number of nitrogen functional groups attached to an aromatic ring is 1. The highest BCUT2D eigenvalue weighted by Gasteiger charge is 2.50. The second kappa shape index (κ2) is 10.5. The SMILES string of the molecule is CN(Cc1ccc(/C=C/C(=O)Cc2ccc(-c3ccccc3)cc2N)cc1)CC12CC3CC(CC(C3)C1)C2. The van der Waals surface area contributed by atoms with Crippen molar-refractivity contribution in [3.8, 4) is 11.1 Å². The van der Waals surface area contributed by atoms with Crippen molar-refractivity contribution >= 4 is 17.5 Å². The summed E-state index contributed by atoms with van der Waals surface area (Å²) in [6, 6.07) is 24.8. The summed E-state index contributed by atoms with van der Waals surface area (Å²) in [6.07, 6.45) is 12.8. The van der Waals surface area contributed by atoms with E-state index < -0.39 is 0 Å². The van der Waals surface area contributed by atoms with Crippen LogP contribution in [0.1, 0.15) is 55.2 Å². The number of allylic oxidation sites excluding steroid dienone is 1. The van der Waals surface area contributed by atoms with E-state index >= 15 is 0 Å². The second-order valence-electron chi connectivity index (χ2n) is 12.6. The molecule has 3 heteroatoms. The molecule has 4 saturated carbocycles.